The minimum atomic E-state index is -0.430. The van der Waals surface area contributed by atoms with Crippen LogP contribution in [0.3, 0.4) is 0 Å². The Morgan fingerprint density at radius 1 is 1.50 bits per heavy atom. The normalized spacial score (nSPS) is 10.9. The van der Waals surface area contributed by atoms with E-state index in [1.54, 1.807) is 25.3 Å². The van der Waals surface area contributed by atoms with Gasteiger partial charge in [-0.15, -0.1) is 0 Å². The van der Waals surface area contributed by atoms with E-state index in [-0.39, 0.29) is 5.57 Å². The molecule has 0 bridgehead atoms. The Hall–Kier alpha value is -2.03. The molecule has 0 aromatic heterocycles. The monoisotopic (exact) mass is 322 g/mol. The van der Waals surface area contributed by atoms with Gasteiger partial charge in [-0.05, 0) is 37.6 Å². The molecule has 0 heterocycles. The number of nitrogens with one attached hydrogen (secondary N) is 1. The molecule has 0 spiro atoms. The van der Waals surface area contributed by atoms with E-state index in [2.05, 4.69) is 5.32 Å². The molecule has 22 heavy (non-hydrogen) atoms. The molecule has 6 heteroatoms. The van der Waals surface area contributed by atoms with E-state index in [1.807, 2.05) is 13.0 Å². The van der Waals surface area contributed by atoms with Crippen molar-refractivity contribution in [2.75, 3.05) is 26.9 Å². The zero-order valence-electron chi connectivity index (χ0n) is 12.7. The Bertz CT molecular complexity index is 579. The molecule has 0 atom stereocenters. The number of benzene rings is 1. The molecule has 0 aliphatic rings. The van der Waals surface area contributed by atoms with Crippen molar-refractivity contribution < 1.29 is 14.3 Å². The predicted octanol–water partition coefficient (Wildman–Crippen LogP) is 2.80. The van der Waals surface area contributed by atoms with E-state index in [1.165, 1.54) is 6.08 Å². The second-order valence-corrected chi connectivity index (χ2v) is 4.82. The van der Waals surface area contributed by atoms with Crippen molar-refractivity contribution in [1.29, 1.82) is 5.26 Å². The number of nitriles is 1. The molecule has 0 saturated heterocycles. The number of rotatable bonds is 8. The van der Waals surface area contributed by atoms with Crippen molar-refractivity contribution in [2.24, 2.45) is 0 Å². The van der Waals surface area contributed by atoms with Crippen LogP contribution < -0.4 is 10.1 Å². The number of carbonyl (C=O) groups is 1. The van der Waals surface area contributed by atoms with Crippen molar-refractivity contribution in [3.63, 3.8) is 0 Å². The first-order valence-electron chi connectivity index (χ1n) is 6.93. The summed E-state index contributed by atoms with van der Waals surface area (Å²) in [5.41, 5.74) is 0.596. The van der Waals surface area contributed by atoms with Crippen LogP contribution in [-0.2, 0) is 9.53 Å². The Balaban J connectivity index is 2.90. The highest BCUT2D eigenvalue weighted by Gasteiger charge is 2.11. The maximum Gasteiger partial charge on any atom is 0.261 e. The number of halogens is 1. The average molecular weight is 323 g/mol. The molecular formula is C16H19ClN2O3. The zero-order chi connectivity index (χ0) is 16.4. The molecule has 5 nitrogen and oxygen atoms in total. The van der Waals surface area contributed by atoms with Gasteiger partial charge in [0.2, 0.25) is 0 Å². The molecular weight excluding hydrogens is 304 g/mol. The molecule has 0 saturated carbocycles. The SMILES string of the molecule is CCOc1ccc(Cl)cc1/C=C(\C#N)C(=O)NCCCOC. The highest BCUT2D eigenvalue weighted by molar-refractivity contribution is 6.30. The molecule has 0 unspecified atom stereocenters. The third-order valence-corrected chi connectivity index (χ3v) is 2.98. The minimum absolute atomic E-state index is 0.000589. The summed E-state index contributed by atoms with van der Waals surface area (Å²) in [6.45, 7) is 3.33. The van der Waals surface area contributed by atoms with E-state index in [4.69, 9.17) is 21.1 Å². The number of ether oxygens (including phenoxy) is 2. The third-order valence-electron chi connectivity index (χ3n) is 2.75. The second-order valence-electron chi connectivity index (χ2n) is 4.39. The number of hydrogen-bond acceptors (Lipinski definition) is 4. The lowest BCUT2D eigenvalue weighted by Gasteiger charge is -2.08. The van der Waals surface area contributed by atoms with Gasteiger partial charge in [0.15, 0.2) is 0 Å². The lowest BCUT2D eigenvalue weighted by Crippen LogP contribution is -2.26. The number of methoxy groups -OCH3 is 1. The quantitative estimate of drug-likeness (QED) is 0.454. The minimum Gasteiger partial charge on any atom is -0.493 e. The van der Waals surface area contributed by atoms with Gasteiger partial charge in [-0.1, -0.05) is 11.6 Å². The van der Waals surface area contributed by atoms with Crippen LogP contribution >= 0.6 is 11.6 Å². The van der Waals surface area contributed by atoms with Gasteiger partial charge >= 0.3 is 0 Å². The predicted molar refractivity (Wildman–Crippen MR) is 85.7 cm³/mol. The average Bonchev–Trinajstić information content (AvgIpc) is 2.51. The first kappa shape index (κ1) is 18.0. The van der Waals surface area contributed by atoms with Gasteiger partial charge in [0.05, 0.1) is 6.61 Å². The van der Waals surface area contributed by atoms with Gasteiger partial charge < -0.3 is 14.8 Å². The van der Waals surface area contributed by atoms with Gasteiger partial charge in [0.25, 0.3) is 5.91 Å². The largest absolute Gasteiger partial charge is 0.493 e. The van der Waals surface area contributed by atoms with Gasteiger partial charge in [-0.2, -0.15) is 5.26 Å². The number of amides is 1. The molecule has 0 aliphatic carbocycles. The summed E-state index contributed by atoms with van der Waals surface area (Å²) in [7, 11) is 1.59. The number of nitrogens with zero attached hydrogens (tertiary/aromatic N) is 1. The van der Waals surface area contributed by atoms with Gasteiger partial charge in [0, 0.05) is 30.8 Å². The Morgan fingerprint density at radius 3 is 2.91 bits per heavy atom. The van der Waals surface area contributed by atoms with Gasteiger partial charge in [-0.25, -0.2) is 0 Å². The lowest BCUT2D eigenvalue weighted by molar-refractivity contribution is -0.117. The van der Waals surface area contributed by atoms with E-state index in [0.29, 0.717) is 42.5 Å². The second kappa shape index (κ2) is 9.82. The van der Waals surface area contributed by atoms with Crippen LogP contribution in [0, 0.1) is 11.3 Å². The van der Waals surface area contributed by atoms with E-state index >= 15 is 0 Å². The highest BCUT2D eigenvalue weighted by Crippen LogP contribution is 2.25. The first-order valence-corrected chi connectivity index (χ1v) is 7.31. The van der Waals surface area contributed by atoms with Crippen LogP contribution in [0.4, 0.5) is 0 Å². The Labute approximate surface area is 135 Å². The van der Waals surface area contributed by atoms with Crippen LogP contribution in [-0.4, -0.2) is 32.8 Å². The molecule has 1 aromatic carbocycles. The van der Waals surface area contributed by atoms with E-state index < -0.39 is 5.91 Å². The summed E-state index contributed by atoms with van der Waals surface area (Å²) in [4.78, 5) is 12.0. The fourth-order valence-electron chi connectivity index (χ4n) is 1.74. The summed E-state index contributed by atoms with van der Waals surface area (Å²) in [5, 5.41) is 12.4. The van der Waals surface area contributed by atoms with Crippen LogP contribution in [0.15, 0.2) is 23.8 Å². The lowest BCUT2D eigenvalue weighted by atomic mass is 10.1. The Morgan fingerprint density at radius 2 is 2.27 bits per heavy atom. The summed E-state index contributed by atoms with van der Waals surface area (Å²) < 4.78 is 10.4. The fourth-order valence-corrected chi connectivity index (χ4v) is 1.92. The van der Waals surface area contributed by atoms with Crippen LogP contribution in [0.2, 0.25) is 5.02 Å². The molecule has 1 rings (SSSR count). The summed E-state index contributed by atoms with van der Waals surface area (Å²) in [6, 6.07) is 6.96. The zero-order valence-corrected chi connectivity index (χ0v) is 13.4. The van der Waals surface area contributed by atoms with Crippen LogP contribution in [0.1, 0.15) is 18.9 Å². The molecule has 1 amide bonds. The van der Waals surface area contributed by atoms with E-state index in [9.17, 15) is 10.1 Å². The highest BCUT2D eigenvalue weighted by atomic mass is 35.5. The van der Waals surface area contributed by atoms with Crippen molar-refractivity contribution in [1.82, 2.24) is 5.32 Å². The molecule has 0 aliphatic heterocycles. The third kappa shape index (κ3) is 5.76. The smallest absolute Gasteiger partial charge is 0.261 e. The molecule has 0 fully saturated rings. The first-order chi connectivity index (χ1) is 10.6. The fraction of sp³-hybridized carbons (Fsp3) is 0.375. The van der Waals surface area contributed by atoms with E-state index in [0.717, 1.165) is 0 Å². The number of carbonyl (C=O) groups excluding carboxylic acids is 1. The van der Waals surface area contributed by atoms with Crippen molar-refractivity contribution in [3.05, 3.63) is 34.4 Å². The van der Waals surface area contributed by atoms with Crippen molar-refractivity contribution in [2.45, 2.75) is 13.3 Å². The van der Waals surface area contributed by atoms with Crippen LogP contribution in [0.25, 0.3) is 6.08 Å². The molecule has 0 radical (unpaired) electrons. The van der Waals surface area contributed by atoms with Crippen molar-refractivity contribution in [3.8, 4) is 11.8 Å². The maximum atomic E-state index is 12.0. The summed E-state index contributed by atoms with van der Waals surface area (Å²) in [5.74, 6) is 0.146. The molecule has 1 aromatic rings. The molecule has 1 N–H and O–H groups in total. The standard InChI is InChI=1S/C16H19ClN2O3/c1-3-22-15-6-5-14(17)10-12(15)9-13(11-18)16(20)19-7-4-8-21-2/h5-6,9-10H,3-4,7-8H2,1-2H3,(H,19,20)/b13-9+. The van der Waals surface area contributed by atoms with Crippen molar-refractivity contribution >= 4 is 23.6 Å². The van der Waals surface area contributed by atoms with Crippen LogP contribution in [0.5, 0.6) is 5.75 Å². The maximum absolute atomic E-state index is 12.0. The summed E-state index contributed by atoms with van der Waals surface area (Å²) in [6.07, 6.45) is 2.16. The van der Waals surface area contributed by atoms with Gasteiger partial charge in [-0.3, -0.25) is 4.79 Å². The molecule has 118 valence electrons. The van der Waals surface area contributed by atoms with Gasteiger partial charge in [0.1, 0.15) is 17.4 Å². The number of hydrogen-bond donors (Lipinski definition) is 1. The topological polar surface area (TPSA) is 71.3 Å². The summed E-state index contributed by atoms with van der Waals surface area (Å²) >= 11 is 5.96. The Kier molecular flexibility index (Phi) is 8.05.